The summed E-state index contributed by atoms with van der Waals surface area (Å²) in [5.74, 6) is -1.33. The lowest BCUT2D eigenvalue weighted by Crippen LogP contribution is -2.42. The lowest BCUT2D eigenvalue weighted by atomic mass is 10.1. The van der Waals surface area contributed by atoms with E-state index in [1.165, 1.54) is 19.2 Å². The van der Waals surface area contributed by atoms with Crippen molar-refractivity contribution in [2.24, 2.45) is 0 Å². The third-order valence-electron chi connectivity index (χ3n) is 3.97. The first kappa shape index (κ1) is 23.5. The molecule has 0 saturated carbocycles. The summed E-state index contributed by atoms with van der Waals surface area (Å²) in [5, 5.41) is 6.58. The van der Waals surface area contributed by atoms with E-state index in [-0.39, 0.29) is 11.3 Å². The molecule has 0 radical (unpaired) electrons. The molecule has 0 unspecified atom stereocenters. The number of rotatable bonds is 10. The Morgan fingerprint density at radius 1 is 1.07 bits per heavy atom. The summed E-state index contributed by atoms with van der Waals surface area (Å²) in [6.07, 6.45) is 0.998. The number of sulfonamides is 1. The molecule has 1 heterocycles. The Bertz CT molecular complexity index is 957. The van der Waals surface area contributed by atoms with Crippen molar-refractivity contribution in [3.05, 3.63) is 52.2 Å². The van der Waals surface area contributed by atoms with Crippen molar-refractivity contribution in [1.29, 1.82) is 0 Å². The van der Waals surface area contributed by atoms with Gasteiger partial charge in [0.2, 0.25) is 10.0 Å². The van der Waals surface area contributed by atoms with Gasteiger partial charge in [-0.25, -0.2) is 17.9 Å². The minimum Gasteiger partial charge on any atom is -0.456 e. The Hall–Kier alpha value is -2.76. The smallest absolute Gasteiger partial charge is 0.321 e. The van der Waals surface area contributed by atoms with Crippen LogP contribution in [-0.2, 0) is 37.2 Å². The molecule has 0 atom stereocenters. The summed E-state index contributed by atoms with van der Waals surface area (Å²) in [5.41, 5.74) is 0.747. The molecule has 0 aliphatic rings. The zero-order chi connectivity index (χ0) is 22.0. The zero-order valence-corrected chi connectivity index (χ0v) is 18.0. The molecule has 2 aromatic rings. The Morgan fingerprint density at radius 3 is 2.43 bits per heavy atom. The van der Waals surface area contributed by atoms with Gasteiger partial charge in [0.25, 0.3) is 5.91 Å². The molecule has 3 amide bonds. The predicted octanol–water partition coefficient (Wildman–Crippen LogP) is 1.20. The molecule has 0 fully saturated rings. The van der Waals surface area contributed by atoms with Gasteiger partial charge in [0, 0.05) is 17.8 Å². The Labute approximate surface area is 178 Å². The number of hydrogen-bond donors (Lipinski definition) is 3. The summed E-state index contributed by atoms with van der Waals surface area (Å²) in [4.78, 5) is 36.3. The number of esters is 1. The monoisotopic (exact) mass is 453 g/mol. The van der Waals surface area contributed by atoms with Crippen molar-refractivity contribution in [2.45, 2.75) is 24.2 Å². The highest BCUT2D eigenvalue weighted by atomic mass is 32.2. The summed E-state index contributed by atoms with van der Waals surface area (Å²) >= 11 is 1.58. The lowest BCUT2D eigenvalue weighted by Gasteiger charge is -2.07. The van der Waals surface area contributed by atoms with Crippen LogP contribution in [0, 0.1) is 0 Å². The molecule has 0 aliphatic heterocycles. The van der Waals surface area contributed by atoms with E-state index in [0.29, 0.717) is 19.4 Å². The average molecular weight is 454 g/mol. The maximum atomic E-state index is 11.8. The second kappa shape index (κ2) is 11.4. The maximum absolute atomic E-state index is 11.8. The number of urea groups is 1. The number of hydrogen-bond acceptors (Lipinski definition) is 7. The number of ether oxygens (including phenoxy) is 1. The van der Waals surface area contributed by atoms with Gasteiger partial charge in [-0.05, 0) is 49.0 Å². The van der Waals surface area contributed by atoms with Gasteiger partial charge in [0.05, 0.1) is 4.90 Å². The molecule has 0 saturated heterocycles. The molecule has 11 heteroatoms. The van der Waals surface area contributed by atoms with Gasteiger partial charge in [-0.3, -0.25) is 14.9 Å². The van der Waals surface area contributed by atoms with Gasteiger partial charge in [0.1, 0.15) is 0 Å². The van der Waals surface area contributed by atoms with Crippen LogP contribution >= 0.6 is 11.3 Å². The van der Waals surface area contributed by atoms with Crippen molar-refractivity contribution in [3.8, 4) is 0 Å². The van der Waals surface area contributed by atoms with Crippen LogP contribution in [0.4, 0.5) is 4.79 Å². The third-order valence-corrected chi connectivity index (χ3v) is 6.34. The van der Waals surface area contributed by atoms with Crippen molar-refractivity contribution >= 4 is 39.3 Å². The van der Waals surface area contributed by atoms with E-state index in [0.717, 1.165) is 10.4 Å². The summed E-state index contributed by atoms with van der Waals surface area (Å²) < 4.78 is 30.4. The van der Waals surface area contributed by atoms with Crippen LogP contribution in [0.3, 0.4) is 0 Å². The van der Waals surface area contributed by atoms with Crippen LogP contribution in [0.2, 0.25) is 0 Å². The van der Waals surface area contributed by atoms with Gasteiger partial charge in [0.15, 0.2) is 6.61 Å². The second-order valence-electron chi connectivity index (χ2n) is 6.15. The molecule has 30 heavy (non-hydrogen) atoms. The lowest BCUT2D eigenvalue weighted by molar-refractivity contribution is -0.148. The van der Waals surface area contributed by atoms with Crippen LogP contribution in [-0.4, -0.2) is 46.5 Å². The van der Waals surface area contributed by atoms with Crippen LogP contribution in [0.25, 0.3) is 0 Å². The van der Waals surface area contributed by atoms with Gasteiger partial charge < -0.3 is 10.1 Å². The highest BCUT2D eigenvalue weighted by Gasteiger charge is 2.13. The standard InChI is InChI=1S/C19H23N3O6S2/c1-20-30(26,27)16-7-4-14(5-8-16)6-9-18(24)28-13-17(23)22-19(25)21-11-10-15-3-2-12-29-15/h2-5,7-8,12,20H,6,9-11,13H2,1H3,(H2,21,22,23,25). The molecule has 3 N–H and O–H groups in total. The van der Waals surface area contributed by atoms with Gasteiger partial charge in [-0.2, -0.15) is 0 Å². The summed E-state index contributed by atoms with van der Waals surface area (Å²) in [6.45, 7) is -0.176. The number of carbonyl (C=O) groups is 3. The van der Waals surface area contributed by atoms with Crippen LogP contribution in [0.5, 0.6) is 0 Å². The Balaban J connectivity index is 1.64. The summed E-state index contributed by atoms with van der Waals surface area (Å²) in [7, 11) is -2.19. The molecule has 1 aromatic carbocycles. The SMILES string of the molecule is CNS(=O)(=O)c1ccc(CCC(=O)OCC(=O)NC(=O)NCCc2cccs2)cc1. The molecule has 9 nitrogen and oxygen atoms in total. The number of amides is 3. The van der Waals surface area contributed by atoms with E-state index in [1.807, 2.05) is 17.5 Å². The first-order chi connectivity index (χ1) is 14.3. The topological polar surface area (TPSA) is 131 Å². The third kappa shape index (κ3) is 7.93. The minimum absolute atomic E-state index is 0.0123. The van der Waals surface area contributed by atoms with Crippen molar-refractivity contribution in [1.82, 2.24) is 15.4 Å². The normalized spacial score (nSPS) is 11.0. The van der Waals surface area contributed by atoms with E-state index in [1.54, 1.807) is 23.5 Å². The second-order valence-corrected chi connectivity index (χ2v) is 9.06. The first-order valence-electron chi connectivity index (χ1n) is 9.08. The Morgan fingerprint density at radius 2 is 1.80 bits per heavy atom. The van der Waals surface area contributed by atoms with Crippen LogP contribution in [0.15, 0.2) is 46.7 Å². The highest BCUT2D eigenvalue weighted by molar-refractivity contribution is 7.89. The molecule has 0 spiro atoms. The van der Waals surface area contributed by atoms with E-state index in [4.69, 9.17) is 4.74 Å². The molecular formula is C19H23N3O6S2. The number of imide groups is 1. The first-order valence-corrected chi connectivity index (χ1v) is 11.4. The summed E-state index contributed by atoms with van der Waals surface area (Å²) in [6, 6.07) is 9.31. The van der Waals surface area contributed by atoms with Crippen molar-refractivity contribution in [2.75, 3.05) is 20.2 Å². The molecule has 1 aromatic heterocycles. The van der Waals surface area contributed by atoms with Gasteiger partial charge in [-0.1, -0.05) is 18.2 Å². The molecule has 2 rings (SSSR count). The van der Waals surface area contributed by atoms with E-state index in [9.17, 15) is 22.8 Å². The van der Waals surface area contributed by atoms with E-state index >= 15 is 0 Å². The number of thiophene rings is 1. The molecule has 0 bridgehead atoms. The van der Waals surface area contributed by atoms with Crippen molar-refractivity contribution < 1.29 is 27.5 Å². The molecule has 162 valence electrons. The quantitative estimate of drug-likeness (QED) is 0.464. The van der Waals surface area contributed by atoms with Crippen molar-refractivity contribution in [3.63, 3.8) is 0 Å². The zero-order valence-electron chi connectivity index (χ0n) is 16.3. The number of benzene rings is 1. The minimum atomic E-state index is -3.51. The number of nitrogens with one attached hydrogen (secondary N) is 3. The van der Waals surface area contributed by atoms with E-state index < -0.39 is 34.5 Å². The fourth-order valence-electron chi connectivity index (χ4n) is 2.38. The van der Waals surface area contributed by atoms with E-state index in [2.05, 4.69) is 15.4 Å². The molecular weight excluding hydrogens is 430 g/mol. The highest BCUT2D eigenvalue weighted by Crippen LogP contribution is 2.12. The number of aryl methyl sites for hydroxylation is 1. The van der Waals surface area contributed by atoms with Gasteiger partial charge in [-0.15, -0.1) is 11.3 Å². The Kier molecular flexibility index (Phi) is 8.96. The average Bonchev–Trinajstić information content (AvgIpc) is 3.24. The van der Waals surface area contributed by atoms with Crippen LogP contribution in [0.1, 0.15) is 16.9 Å². The fourth-order valence-corrected chi connectivity index (χ4v) is 3.82. The van der Waals surface area contributed by atoms with Gasteiger partial charge >= 0.3 is 12.0 Å². The predicted molar refractivity (Wildman–Crippen MR) is 112 cm³/mol. The largest absolute Gasteiger partial charge is 0.456 e. The molecule has 0 aliphatic carbocycles. The fraction of sp³-hybridized carbons (Fsp3) is 0.316. The number of carbonyl (C=O) groups excluding carboxylic acids is 3. The maximum Gasteiger partial charge on any atom is 0.321 e. The van der Waals surface area contributed by atoms with Crippen LogP contribution < -0.4 is 15.4 Å².